The van der Waals surface area contributed by atoms with Gasteiger partial charge in [0.05, 0.1) is 18.2 Å². The summed E-state index contributed by atoms with van der Waals surface area (Å²) in [5.41, 5.74) is 1.08. The van der Waals surface area contributed by atoms with E-state index < -0.39 is 0 Å². The third-order valence-corrected chi connectivity index (χ3v) is 5.55. The van der Waals surface area contributed by atoms with Gasteiger partial charge in [-0.05, 0) is 30.5 Å². The SMILES string of the molecule is C=CCn1c(SCc2cc(Cl)c3c(c2)OCCCO3)nnc1C1CC1. The summed E-state index contributed by atoms with van der Waals surface area (Å²) in [7, 11) is 0. The first-order valence-electron chi connectivity index (χ1n) is 8.51. The molecule has 2 heterocycles. The predicted octanol–water partition coefficient (Wildman–Crippen LogP) is 4.45. The van der Waals surface area contributed by atoms with Gasteiger partial charge < -0.3 is 14.0 Å². The van der Waals surface area contributed by atoms with E-state index in [1.165, 1.54) is 12.8 Å². The average Bonchev–Trinajstić information content (AvgIpc) is 3.40. The third-order valence-electron chi connectivity index (χ3n) is 4.23. The Bertz CT molecular complexity index is 789. The number of fused-ring (bicyclic) bond motifs is 1. The van der Waals surface area contributed by atoms with Crippen molar-refractivity contribution in [2.75, 3.05) is 13.2 Å². The van der Waals surface area contributed by atoms with Crippen molar-refractivity contribution >= 4 is 23.4 Å². The minimum Gasteiger partial charge on any atom is -0.489 e. The fraction of sp³-hybridized carbons (Fsp3) is 0.444. The maximum Gasteiger partial charge on any atom is 0.191 e. The lowest BCUT2D eigenvalue weighted by atomic mass is 10.2. The zero-order chi connectivity index (χ0) is 17.2. The summed E-state index contributed by atoms with van der Waals surface area (Å²) in [5, 5.41) is 10.3. The van der Waals surface area contributed by atoms with E-state index in [-0.39, 0.29) is 0 Å². The van der Waals surface area contributed by atoms with Gasteiger partial charge in [-0.25, -0.2) is 0 Å². The molecule has 0 bridgehead atoms. The summed E-state index contributed by atoms with van der Waals surface area (Å²) in [6.45, 7) is 5.88. The summed E-state index contributed by atoms with van der Waals surface area (Å²) in [5.74, 6) is 3.77. The van der Waals surface area contributed by atoms with Crippen LogP contribution in [0.25, 0.3) is 0 Å². The highest BCUT2D eigenvalue weighted by atomic mass is 35.5. The topological polar surface area (TPSA) is 49.2 Å². The average molecular weight is 378 g/mol. The molecule has 0 amide bonds. The summed E-state index contributed by atoms with van der Waals surface area (Å²) < 4.78 is 13.6. The molecule has 1 fully saturated rings. The highest BCUT2D eigenvalue weighted by Gasteiger charge is 2.30. The Kier molecular flexibility index (Phi) is 4.90. The van der Waals surface area contributed by atoms with Gasteiger partial charge in [-0.1, -0.05) is 29.4 Å². The van der Waals surface area contributed by atoms with E-state index in [2.05, 4.69) is 21.3 Å². The number of ether oxygens (including phenoxy) is 2. The van der Waals surface area contributed by atoms with Crippen LogP contribution in [0.3, 0.4) is 0 Å². The molecular formula is C18H20ClN3O2S. The van der Waals surface area contributed by atoms with E-state index in [9.17, 15) is 0 Å². The second kappa shape index (κ2) is 7.30. The Morgan fingerprint density at radius 3 is 2.92 bits per heavy atom. The molecule has 1 aliphatic carbocycles. The lowest BCUT2D eigenvalue weighted by Crippen LogP contribution is -2.02. The van der Waals surface area contributed by atoms with E-state index in [0.29, 0.717) is 29.9 Å². The number of rotatable bonds is 6. The zero-order valence-electron chi connectivity index (χ0n) is 13.9. The monoisotopic (exact) mass is 377 g/mol. The van der Waals surface area contributed by atoms with Crippen molar-refractivity contribution in [2.24, 2.45) is 0 Å². The molecule has 4 rings (SSSR count). The molecule has 25 heavy (non-hydrogen) atoms. The van der Waals surface area contributed by atoms with Gasteiger partial charge in [0.2, 0.25) is 0 Å². The molecule has 0 N–H and O–H groups in total. The predicted molar refractivity (Wildman–Crippen MR) is 98.8 cm³/mol. The van der Waals surface area contributed by atoms with Crippen molar-refractivity contribution < 1.29 is 9.47 Å². The number of nitrogens with zero attached hydrogens (tertiary/aromatic N) is 3. The molecule has 1 aromatic heterocycles. The second-order valence-corrected chi connectivity index (χ2v) is 7.61. The molecule has 0 saturated heterocycles. The van der Waals surface area contributed by atoms with Crippen molar-refractivity contribution in [3.05, 3.63) is 41.2 Å². The summed E-state index contributed by atoms with van der Waals surface area (Å²) in [4.78, 5) is 0. The Balaban J connectivity index is 1.52. The fourth-order valence-electron chi connectivity index (χ4n) is 2.87. The van der Waals surface area contributed by atoms with Gasteiger partial charge in [-0.15, -0.1) is 16.8 Å². The lowest BCUT2D eigenvalue weighted by Gasteiger charge is -2.12. The number of hydrogen-bond donors (Lipinski definition) is 0. The standard InChI is InChI=1S/C18H20ClN3O2S/c1-2-6-22-17(13-4-5-13)20-21-18(22)25-11-12-9-14(19)16-15(10-12)23-7-3-8-24-16/h2,9-10,13H,1,3-8,11H2. The van der Waals surface area contributed by atoms with Crippen LogP contribution in [0.5, 0.6) is 11.5 Å². The molecule has 7 heteroatoms. The van der Waals surface area contributed by atoms with Gasteiger partial charge in [0.25, 0.3) is 0 Å². The molecule has 1 aliphatic heterocycles. The van der Waals surface area contributed by atoms with E-state index in [1.807, 2.05) is 18.2 Å². The number of thioether (sulfide) groups is 1. The van der Waals surface area contributed by atoms with Crippen molar-refractivity contribution in [1.29, 1.82) is 0 Å². The Morgan fingerprint density at radius 1 is 1.28 bits per heavy atom. The molecule has 2 aliphatic rings. The maximum absolute atomic E-state index is 6.38. The Labute approximate surface area is 156 Å². The molecule has 1 aromatic carbocycles. The van der Waals surface area contributed by atoms with Gasteiger partial charge in [-0.3, -0.25) is 0 Å². The first kappa shape index (κ1) is 16.8. The first-order chi connectivity index (χ1) is 12.3. The van der Waals surface area contributed by atoms with Crippen LogP contribution in [0.15, 0.2) is 29.9 Å². The van der Waals surface area contributed by atoms with Gasteiger partial charge >= 0.3 is 0 Å². The van der Waals surface area contributed by atoms with Crippen LogP contribution in [0, 0.1) is 0 Å². The summed E-state index contributed by atoms with van der Waals surface area (Å²) in [6, 6.07) is 3.95. The number of aromatic nitrogens is 3. The lowest BCUT2D eigenvalue weighted by molar-refractivity contribution is 0.297. The number of halogens is 1. The van der Waals surface area contributed by atoms with Crippen molar-refractivity contribution in [1.82, 2.24) is 14.8 Å². The van der Waals surface area contributed by atoms with Crippen LogP contribution >= 0.6 is 23.4 Å². The summed E-state index contributed by atoms with van der Waals surface area (Å²) >= 11 is 8.03. The molecule has 0 unspecified atom stereocenters. The normalized spacial score (nSPS) is 16.5. The Morgan fingerprint density at radius 2 is 2.12 bits per heavy atom. The third kappa shape index (κ3) is 3.65. The van der Waals surface area contributed by atoms with Crippen LogP contribution in [0.4, 0.5) is 0 Å². The minimum absolute atomic E-state index is 0.564. The highest BCUT2D eigenvalue weighted by molar-refractivity contribution is 7.98. The number of benzene rings is 1. The highest BCUT2D eigenvalue weighted by Crippen LogP contribution is 2.41. The minimum atomic E-state index is 0.564. The van der Waals surface area contributed by atoms with Crippen LogP contribution in [-0.2, 0) is 12.3 Å². The smallest absolute Gasteiger partial charge is 0.191 e. The van der Waals surface area contributed by atoms with E-state index in [1.54, 1.807) is 11.8 Å². The molecule has 132 valence electrons. The van der Waals surface area contributed by atoms with Gasteiger partial charge in [-0.2, -0.15) is 0 Å². The van der Waals surface area contributed by atoms with Crippen molar-refractivity contribution in [2.45, 2.75) is 42.6 Å². The first-order valence-corrected chi connectivity index (χ1v) is 9.87. The van der Waals surface area contributed by atoms with Gasteiger partial charge in [0, 0.05) is 24.6 Å². The molecule has 0 spiro atoms. The second-order valence-electron chi connectivity index (χ2n) is 6.26. The summed E-state index contributed by atoms with van der Waals surface area (Å²) in [6.07, 6.45) is 5.17. The molecule has 5 nitrogen and oxygen atoms in total. The molecule has 0 radical (unpaired) electrons. The van der Waals surface area contributed by atoms with Crippen LogP contribution in [-0.4, -0.2) is 28.0 Å². The quantitative estimate of drug-likeness (QED) is 0.550. The van der Waals surface area contributed by atoms with Crippen molar-refractivity contribution in [3.63, 3.8) is 0 Å². The zero-order valence-corrected chi connectivity index (χ0v) is 15.5. The van der Waals surface area contributed by atoms with Gasteiger partial charge in [0.15, 0.2) is 16.7 Å². The molecule has 1 saturated carbocycles. The van der Waals surface area contributed by atoms with E-state index >= 15 is 0 Å². The van der Waals surface area contributed by atoms with Crippen LogP contribution in [0.2, 0.25) is 5.02 Å². The van der Waals surface area contributed by atoms with Crippen molar-refractivity contribution in [3.8, 4) is 11.5 Å². The fourth-order valence-corrected chi connectivity index (χ4v) is 4.04. The largest absolute Gasteiger partial charge is 0.489 e. The molecule has 0 atom stereocenters. The van der Waals surface area contributed by atoms with Crippen LogP contribution in [0.1, 0.15) is 36.6 Å². The van der Waals surface area contributed by atoms with E-state index in [0.717, 1.165) is 41.0 Å². The van der Waals surface area contributed by atoms with Crippen LogP contribution < -0.4 is 9.47 Å². The Hall–Kier alpha value is -1.66. The molecular weight excluding hydrogens is 358 g/mol. The maximum atomic E-state index is 6.38. The molecule has 2 aromatic rings. The number of hydrogen-bond acceptors (Lipinski definition) is 5. The van der Waals surface area contributed by atoms with E-state index in [4.69, 9.17) is 21.1 Å². The number of allylic oxidation sites excluding steroid dienone is 1. The van der Waals surface area contributed by atoms with Gasteiger partial charge in [0.1, 0.15) is 5.82 Å².